The quantitative estimate of drug-likeness (QED) is 0.597. The van der Waals surface area contributed by atoms with Crippen LogP contribution in [0.4, 0.5) is 0 Å². The van der Waals surface area contributed by atoms with Crippen molar-refractivity contribution in [3.8, 4) is 0 Å². The summed E-state index contributed by atoms with van der Waals surface area (Å²) in [4.78, 5) is 35.1. The molecule has 1 aromatic heterocycles. The lowest BCUT2D eigenvalue weighted by molar-refractivity contribution is -0.147. The largest absolute Gasteiger partial charge is 0.481 e. The molecule has 1 heterocycles. The first kappa shape index (κ1) is 16.1. The van der Waals surface area contributed by atoms with Crippen molar-refractivity contribution in [1.82, 2.24) is 5.32 Å². The van der Waals surface area contributed by atoms with Gasteiger partial charge in [-0.1, -0.05) is 0 Å². The fourth-order valence-corrected chi connectivity index (χ4v) is 2.51. The Hall–Kier alpha value is -1.93. The molecule has 0 radical (unpaired) electrons. The maximum Gasteiger partial charge on any atom is 0.334 e. The first-order valence-corrected chi connectivity index (χ1v) is 6.58. The Labute approximate surface area is 119 Å². The number of carbonyl (C=O) groups excluding carboxylic acids is 1. The van der Waals surface area contributed by atoms with Crippen molar-refractivity contribution >= 4 is 29.2 Å². The molecule has 0 spiro atoms. The first-order chi connectivity index (χ1) is 9.16. The summed E-state index contributed by atoms with van der Waals surface area (Å²) in [5, 5.41) is 20.2. The molecule has 0 fully saturated rings. The zero-order chi connectivity index (χ0) is 15.5. The Morgan fingerprint density at radius 1 is 1.40 bits per heavy atom. The molecular formula is C12H16N2O5S. The number of nitrogens with one attached hydrogen (secondary N) is 1. The van der Waals surface area contributed by atoms with Gasteiger partial charge in [0, 0.05) is 9.75 Å². The first-order valence-electron chi connectivity index (χ1n) is 5.76. The molecule has 0 aliphatic rings. The molecule has 0 bridgehead atoms. The van der Waals surface area contributed by atoms with Crippen molar-refractivity contribution in [3.05, 3.63) is 21.9 Å². The van der Waals surface area contributed by atoms with E-state index in [0.29, 0.717) is 4.88 Å². The standard InChI is InChI=1S/C12H16N2O5S/c1-6-3-4-8(20-6)12(2,11(18)19)14-10(17)7(13)5-9(15)16/h3-4,7H,5,13H2,1-2H3,(H,14,17)(H,15,16)(H,18,19)/t7-,12+/m0/s1. The van der Waals surface area contributed by atoms with Crippen LogP contribution >= 0.6 is 11.3 Å². The molecule has 7 nitrogen and oxygen atoms in total. The van der Waals surface area contributed by atoms with E-state index in [1.807, 2.05) is 6.92 Å². The Morgan fingerprint density at radius 3 is 2.40 bits per heavy atom. The van der Waals surface area contributed by atoms with E-state index in [1.165, 1.54) is 18.3 Å². The van der Waals surface area contributed by atoms with Gasteiger partial charge in [-0.15, -0.1) is 11.3 Å². The second kappa shape index (κ2) is 6.02. The molecule has 110 valence electrons. The Morgan fingerprint density at radius 2 is 2.00 bits per heavy atom. The minimum atomic E-state index is -1.63. The Balaban J connectivity index is 2.96. The van der Waals surface area contributed by atoms with Crippen LogP contribution in [0.2, 0.25) is 0 Å². The number of carboxylic acid groups (broad SMARTS) is 2. The van der Waals surface area contributed by atoms with Gasteiger partial charge in [0.1, 0.15) is 0 Å². The number of carboxylic acids is 2. The number of hydrogen-bond donors (Lipinski definition) is 4. The summed E-state index contributed by atoms with van der Waals surface area (Å²) in [6.07, 6.45) is -0.564. The van der Waals surface area contributed by atoms with Gasteiger partial charge in [0.25, 0.3) is 0 Å². The van der Waals surface area contributed by atoms with Crippen LogP contribution in [-0.4, -0.2) is 34.1 Å². The molecule has 0 aliphatic carbocycles. The van der Waals surface area contributed by atoms with Crippen molar-refractivity contribution in [1.29, 1.82) is 0 Å². The third-order valence-electron chi connectivity index (χ3n) is 2.77. The average Bonchev–Trinajstić information content (AvgIpc) is 2.74. The second-order valence-electron chi connectivity index (χ2n) is 4.53. The molecule has 1 amide bonds. The van der Waals surface area contributed by atoms with Crippen LogP contribution in [0.1, 0.15) is 23.1 Å². The molecule has 0 aromatic carbocycles. The van der Waals surface area contributed by atoms with Crippen LogP contribution in [0, 0.1) is 6.92 Å². The number of aliphatic carboxylic acids is 2. The van der Waals surface area contributed by atoms with Crippen LogP contribution < -0.4 is 11.1 Å². The fraction of sp³-hybridized carbons (Fsp3) is 0.417. The minimum absolute atomic E-state index is 0.443. The number of carbonyl (C=O) groups is 3. The van der Waals surface area contributed by atoms with Gasteiger partial charge in [0.2, 0.25) is 5.91 Å². The molecule has 0 saturated heterocycles. The number of aryl methyl sites for hydroxylation is 1. The molecule has 2 atom stereocenters. The normalized spacial score (nSPS) is 15.2. The van der Waals surface area contributed by atoms with Gasteiger partial charge in [0.05, 0.1) is 12.5 Å². The van der Waals surface area contributed by atoms with Crippen LogP contribution in [-0.2, 0) is 19.9 Å². The van der Waals surface area contributed by atoms with E-state index in [9.17, 15) is 19.5 Å². The van der Waals surface area contributed by atoms with Crippen LogP contribution in [0.3, 0.4) is 0 Å². The number of hydrogen-bond acceptors (Lipinski definition) is 5. The number of nitrogens with two attached hydrogens (primary N) is 1. The summed E-state index contributed by atoms with van der Waals surface area (Å²) >= 11 is 1.24. The van der Waals surface area contributed by atoms with E-state index >= 15 is 0 Å². The van der Waals surface area contributed by atoms with E-state index in [-0.39, 0.29) is 0 Å². The molecule has 1 rings (SSSR count). The minimum Gasteiger partial charge on any atom is -0.481 e. The summed E-state index contributed by atoms with van der Waals surface area (Å²) in [7, 11) is 0. The van der Waals surface area contributed by atoms with E-state index in [1.54, 1.807) is 12.1 Å². The Bertz CT molecular complexity index is 542. The molecule has 0 aliphatic heterocycles. The van der Waals surface area contributed by atoms with Gasteiger partial charge < -0.3 is 21.3 Å². The van der Waals surface area contributed by atoms with E-state index < -0.39 is 35.8 Å². The van der Waals surface area contributed by atoms with Crippen LogP contribution in [0.25, 0.3) is 0 Å². The third-order valence-corrected chi connectivity index (χ3v) is 3.99. The van der Waals surface area contributed by atoms with Gasteiger partial charge in [-0.25, -0.2) is 4.79 Å². The smallest absolute Gasteiger partial charge is 0.334 e. The predicted molar refractivity (Wildman–Crippen MR) is 72.4 cm³/mol. The zero-order valence-electron chi connectivity index (χ0n) is 11.0. The third kappa shape index (κ3) is 3.55. The Kier molecular flexibility index (Phi) is 4.85. The molecule has 1 aromatic rings. The summed E-state index contributed by atoms with van der Waals surface area (Å²) < 4.78 is 0. The number of rotatable bonds is 6. The van der Waals surface area contributed by atoms with Crippen LogP contribution in [0.5, 0.6) is 0 Å². The summed E-state index contributed by atoms with van der Waals surface area (Å²) in [5.41, 5.74) is 3.79. The topological polar surface area (TPSA) is 130 Å². The van der Waals surface area contributed by atoms with Gasteiger partial charge in [-0.3, -0.25) is 9.59 Å². The van der Waals surface area contributed by atoms with Crippen molar-refractivity contribution in [2.24, 2.45) is 5.73 Å². The van der Waals surface area contributed by atoms with E-state index in [2.05, 4.69) is 5.32 Å². The highest BCUT2D eigenvalue weighted by molar-refractivity contribution is 7.12. The van der Waals surface area contributed by atoms with E-state index in [0.717, 1.165) is 4.88 Å². The molecule has 8 heteroatoms. The monoisotopic (exact) mass is 300 g/mol. The zero-order valence-corrected chi connectivity index (χ0v) is 11.9. The second-order valence-corrected chi connectivity index (χ2v) is 5.82. The number of thiophene rings is 1. The van der Waals surface area contributed by atoms with Gasteiger partial charge >= 0.3 is 11.9 Å². The lowest BCUT2D eigenvalue weighted by Crippen LogP contribution is -2.54. The lowest BCUT2D eigenvalue weighted by Gasteiger charge is -2.26. The van der Waals surface area contributed by atoms with Crippen molar-refractivity contribution in [2.75, 3.05) is 0 Å². The van der Waals surface area contributed by atoms with Crippen LogP contribution in [0.15, 0.2) is 12.1 Å². The van der Waals surface area contributed by atoms with Crippen molar-refractivity contribution in [3.63, 3.8) is 0 Å². The molecule has 20 heavy (non-hydrogen) atoms. The molecule has 5 N–H and O–H groups in total. The summed E-state index contributed by atoms with van der Waals surface area (Å²) in [6.45, 7) is 3.15. The van der Waals surface area contributed by atoms with E-state index in [4.69, 9.17) is 10.8 Å². The van der Waals surface area contributed by atoms with Crippen molar-refractivity contribution < 1.29 is 24.6 Å². The average molecular weight is 300 g/mol. The predicted octanol–water partition coefficient (Wildman–Crippen LogP) is 0.275. The summed E-state index contributed by atoms with van der Waals surface area (Å²) in [5.74, 6) is -3.28. The maximum absolute atomic E-state index is 11.8. The molecule has 0 unspecified atom stereocenters. The van der Waals surface area contributed by atoms with Crippen molar-refractivity contribution in [2.45, 2.75) is 31.8 Å². The van der Waals surface area contributed by atoms with Gasteiger partial charge in [0.15, 0.2) is 5.54 Å². The molecular weight excluding hydrogens is 284 g/mol. The SMILES string of the molecule is Cc1ccc([C@@](C)(NC(=O)[C@@H](N)CC(=O)O)C(=O)O)s1. The highest BCUT2D eigenvalue weighted by atomic mass is 32.1. The maximum atomic E-state index is 11.8. The highest BCUT2D eigenvalue weighted by Gasteiger charge is 2.39. The highest BCUT2D eigenvalue weighted by Crippen LogP contribution is 2.28. The molecule has 0 saturated carbocycles. The lowest BCUT2D eigenvalue weighted by atomic mass is 9.99. The van der Waals surface area contributed by atoms with Gasteiger partial charge in [-0.05, 0) is 26.0 Å². The van der Waals surface area contributed by atoms with Gasteiger partial charge in [-0.2, -0.15) is 0 Å². The fourth-order valence-electron chi connectivity index (χ4n) is 1.54. The summed E-state index contributed by atoms with van der Waals surface area (Å²) in [6, 6.07) is 2.05. The number of amides is 1.